The van der Waals surface area contributed by atoms with Crippen LogP contribution >= 0.6 is 0 Å². The van der Waals surface area contributed by atoms with Crippen molar-refractivity contribution in [2.75, 3.05) is 0 Å². The Hall–Kier alpha value is -1.77. The number of allylic oxidation sites excluding steroid dienone is 3. The molecule has 0 aromatic carbocycles. The van der Waals surface area contributed by atoms with Crippen LogP contribution in [0.1, 0.15) is 68.2 Å². The Morgan fingerprint density at radius 1 is 0.923 bits per heavy atom. The van der Waals surface area contributed by atoms with E-state index in [0.717, 1.165) is 5.57 Å². The fourth-order valence-corrected chi connectivity index (χ4v) is 5.46. The average Bonchev–Trinajstić information content (AvgIpc) is 2.89. The van der Waals surface area contributed by atoms with Crippen LogP contribution in [0.2, 0.25) is 0 Å². The molecule has 0 spiro atoms. The van der Waals surface area contributed by atoms with Crippen LogP contribution in [-0.2, 0) is 9.53 Å². The third kappa shape index (κ3) is 10.6. The number of carbonyl (C=O) groups is 1. The first kappa shape index (κ1) is 35.3. The third-order valence-corrected chi connectivity index (χ3v) is 8.41. The van der Waals surface area contributed by atoms with Gasteiger partial charge < -0.3 is 30.3 Å². The highest BCUT2D eigenvalue weighted by Crippen LogP contribution is 2.30. The number of esters is 1. The first-order valence-corrected chi connectivity index (χ1v) is 14.4. The summed E-state index contributed by atoms with van der Waals surface area (Å²) in [5, 5.41) is 53.1. The summed E-state index contributed by atoms with van der Waals surface area (Å²) in [5.74, 6) is -2.18. The molecule has 1 heterocycles. The zero-order valence-corrected chi connectivity index (χ0v) is 25.1. The molecule has 1 rings (SSSR count). The van der Waals surface area contributed by atoms with Gasteiger partial charge in [0.2, 0.25) is 0 Å². The lowest BCUT2D eigenvalue weighted by molar-refractivity contribution is -0.179. The van der Waals surface area contributed by atoms with E-state index in [1.54, 1.807) is 31.2 Å². The molecule has 39 heavy (non-hydrogen) atoms. The molecule has 13 atom stereocenters. The topological polar surface area (TPSA) is 127 Å². The molecule has 0 amide bonds. The standard InChI is InChI=1S/C32H54O7/c1-10-11-12-19(3)29(35)24(8)30(36)22(6)16-18(2)15-21(5)28(34)20(4)13-14-26(33)17-27-23(7)31(37)25(9)32(38)39-27/h10-15,19-31,33-37H,1,16-17H2,2-9H3/b12-11-,14-13-,18-15-/t19-,20-,21-,22-,23-,24+,25+,26+,27-,28-,29-,30+,31-/m0/s1. The molecule has 0 saturated carbocycles. The van der Waals surface area contributed by atoms with Gasteiger partial charge in [0.15, 0.2) is 0 Å². The van der Waals surface area contributed by atoms with Gasteiger partial charge in [0, 0.05) is 36.0 Å². The van der Waals surface area contributed by atoms with E-state index >= 15 is 0 Å². The van der Waals surface area contributed by atoms with Crippen molar-refractivity contribution in [1.29, 1.82) is 0 Å². The molecule has 1 fully saturated rings. The molecule has 7 nitrogen and oxygen atoms in total. The van der Waals surface area contributed by atoms with E-state index in [1.807, 2.05) is 60.6 Å². The van der Waals surface area contributed by atoms with Crippen molar-refractivity contribution in [1.82, 2.24) is 0 Å². The Balaban J connectivity index is 2.67. The van der Waals surface area contributed by atoms with E-state index in [1.165, 1.54) is 0 Å². The second-order valence-electron chi connectivity index (χ2n) is 12.0. The lowest BCUT2D eigenvalue weighted by Crippen LogP contribution is -2.47. The summed E-state index contributed by atoms with van der Waals surface area (Å²) in [6.07, 6.45) is 7.27. The van der Waals surface area contributed by atoms with Gasteiger partial charge in [-0.3, -0.25) is 4.79 Å². The van der Waals surface area contributed by atoms with E-state index in [9.17, 15) is 30.3 Å². The van der Waals surface area contributed by atoms with Gasteiger partial charge in [-0.25, -0.2) is 0 Å². The zero-order chi connectivity index (χ0) is 30.0. The lowest BCUT2D eigenvalue weighted by Gasteiger charge is -2.36. The summed E-state index contributed by atoms with van der Waals surface area (Å²) in [4.78, 5) is 11.9. The fraction of sp³-hybridized carbons (Fsp3) is 0.719. The molecule has 224 valence electrons. The Bertz CT molecular complexity index is 849. The van der Waals surface area contributed by atoms with Crippen molar-refractivity contribution < 1.29 is 35.1 Å². The van der Waals surface area contributed by atoms with Crippen molar-refractivity contribution in [3.8, 4) is 0 Å². The van der Waals surface area contributed by atoms with E-state index < -0.39 is 48.5 Å². The van der Waals surface area contributed by atoms with Gasteiger partial charge in [0.25, 0.3) is 0 Å². The summed E-state index contributed by atoms with van der Waals surface area (Å²) in [5.41, 5.74) is 1.05. The minimum Gasteiger partial charge on any atom is -0.462 e. The molecule has 0 bridgehead atoms. The number of carbonyl (C=O) groups excluding carboxylic acids is 1. The van der Waals surface area contributed by atoms with Crippen molar-refractivity contribution in [3.63, 3.8) is 0 Å². The minimum absolute atomic E-state index is 0.0731. The van der Waals surface area contributed by atoms with Gasteiger partial charge in [-0.15, -0.1) is 0 Å². The Labute approximate surface area is 236 Å². The van der Waals surface area contributed by atoms with Crippen molar-refractivity contribution >= 4 is 5.97 Å². The Morgan fingerprint density at radius 2 is 1.51 bits per heavy atom. The van der Waals surface area contributed by atoms with Gasteiger partial charge >= 0.3 is 5.97 Å². The van der Waals surface area contributed by atoms with Crippen LogP contribution in [0.4, 0.5) is 0 Å². The van der Waals surface area contributed by atoms with Gasteiger partial charge in [-0.1, -0.05) is 90.2 Å². The molecule has 0 radical (unpaired) electrons. The molecule has 7 heteroatoms. The van der Waals surface area contributed by atoms with Crippen LogP contribution < -0.4 is 0 Å². The summed E-state index contributed by atoms with van der Waals surface area (Å²) in [7, 11) is 0. The SMILES string of the molecule is C=C/C=C\[C@H](C)[C@H](O)[C@@H](C)[C@H](O)[C@@H](C)C/C(C)=C\[C@H](C)[C@@H](O)[C@@H](C)/C=C\[C@@H](O)C[C@@H]1OC(=O)[C@H](C)[C@@H](O)[C@H]1C. The van der Waals surface area contributed by atoms with Gasteiger partial charge in [0.05, 0.1) is 36.4 Å². The smallest absolute Gasteiger partial charge is 0.311 e. The summed E-state index contributed by atoms with van der Waals surface area (Å²) in [6, 6.07) is 0. The van der Waals surface area contributed by atoms with Gasteiger partial charge in [-0.2, -0.15) is 0 Å². The van der Waals surface area contributed by atoms with E-state index in [0.29, 0.717) is 6.42 Å². The third-order valence-electron chi connectivity index (χ3n) is 8.41. The molecular formula is C32H54O7. The molecule has 0 aromatic heterocycles. The van der Waals surface area contributed by atoms with Crippen molar-refractivity contribution in [3.05, 3.63) is 48.6 Å². The molecule has 1 aliphatic rings. The van der Waals surface area contributed by atoms with Crippen LogP contribution in [-0.4, -0.2) is 68.1 Å². The highest BCUT2D eigenvalue weighted by molar-refractivity contribution is 5.73. The monoisotopic (exact) mass is 550 g/mol. The first-order chi connectivity index (χ1) is 18.1. The van der Waals surface area contributed by atoms with Crippen LogP contribution in [0.25, 0.3) is 0 Å². The quantitative estimate of drug-likeness (QED) is 0.118. The molecular weight excluding hydrogens is 496 g/mol. The van der Waals surface area contributed by atoms with Crippen LogP contribution in [0.15, 0.2) is 48.6 Å². The number of aliphatic hydroxyl groups is 5. The highest BCUT2D eigenvalue weighted by atomic mass is 16.5. The lowest BCUT2D eigenvalue weighted by atomic mass is 9.81. The molecule has 1 saturated heterocycles. The van der Waals surface area contributed by atoms with Crippen molar-refractivity contribution in [2.24, 2.45) is 41.4 Å². The normalized spacial score (nSPS) is 29.8. The average molecular weight is 551 g/mol. The maximum Gasteiger partial charge on any atom is 0.311 e. The number of cyclic esters (lactones) is 1. The van der Waals surface area contributed by atoms with Gasteiger partial charge in [-0.05, 0) is 26.2 Å². The molecule has 0 unspecified atom stereocenters. The van der Waals surface area contributed by atoms with E-state index in [4.69, 9.17) is 4.74 Å². The largest absolute Gasteiger partial charge is 0.462 e. The highest BCUT2D eigenvalue weighted by Gasteiger charge is 2.40. The second kappa shape index (κ2) is 16.5. The van der Waals surface area contributed by atoms with E-state index in [2.05, 4.69) is 6.58 Å². The van der Waals surface area contributed by atoms with Gasteiger partial charge in [0.1, 0.15) is 6.10 Å². The fourth-order valence-electron chi connectivity index (χ4n) is 5.46. The first-order valence-electron chi connectivity index (χ1n) is 14.4. The van der Waals surface area contributed by atoms with E-state index in [-0.39, 0.29) is 41.9 Å². The second-order valence-corrected chi connectivity index (χ2v) is 12.0. The number of aliphatic hydroxyl groups excluding tert-OH is 5. The zero-order valence-electron chi connectivity index (χ0n) is 25.1. The maximum absolute atomic E-state index is 11.9. The molecule has 1 aliphatic heterocycles. The molecule has 0 aliphatic carbocycles. The van der Waals surface area contributed by atoms with Crippen LogP contribution in [0.5, 0.6) is 0 Å². The number of rotatable bonds is 15. The Kier molecular flexibility index (Phi) is 14.9. The predicted molar refractivity (Wildman–Crippen MR) is 156 cm³/mol. The Morgan fingerprint density at radius 3 is 2.10 bits per heavy atom. The number of hydrogen-bond donors (Lipinski definition) is 5. The predicted octanol–water partition coefficient (Wildman–Crippen LogP) is 4.19. The number of hydrogen-bond acceptors (Lipinski definition) is 7. The van der Waals surface area contributed by atoms with Crippen LogP contribution in [0.3, 0.4) is 0 Å². The molecule has 0 aromatic rings. The summed E-state index contributed by atoms with van der Waals surface area (Å²) >= 11 is 0. The summed E-state index contributed by atoms with van der Waals surface area (Å²) < 4.78 is 5.40. The minimum atomic E-state index is -0.872. The van der Waals surface area contributed by atoms with Crippen LogP contribution in [0, 0.1) is 41.4 Å². The molecule has 5 N–H and O–H groups in total. The maximum atomic E-state index is 11.9. The van der Waals surface area contributed by atoms with Crippen molar-refractivity contribution in [2.45, 2.75) is 105 Å². The summed E-state index contributed by atoms with van der Waals surface area (Å²) in [6.45, 7) is 18.6. The number of ether oxygens (including phenoxy) is 1.